The Bertz CT molecular complexity index is 830. The summed E-state index contributed by atoms with van der Waals surface area (Å²) in [5.41, 5.74) is 2.77. The van der Waals surface area contributed by atoms with Crippen LogP contribution in [0.4, 0.5) is 0 Å². The van der Waals surface area contributed by atoms with Crippen molar-refractivity contribution in [3.8, 4) is 11.3 Å². The number of esters is 1. The number of ether oxygens (including phenoxy) is 1. The molecule has 23 heavy (non-hydrogen) atoms. The van der Waals surface area contributed by atoms with Crippen LogP contribution in [0.5, 0.6) is 0 Å². The van der Waals surface area contributed by atoms with Crippen LogP contribution in [0.3, 0.4) is 0 Å². The molecule has 0 bridgehead atoms. The van der Waals surface area contributed by atoms with E-state index in [4.69, 9.17) is 13.7 Å². The molecule has 0 fully saturated rings. The van der Waals surface area contributed by atoms with Crippen LogP contribution in [-0.4, -0.2) is 11.1 Å². The molecule has 0 N–H and O–H groups in total. The Labute approximate surface area is 133 Å². The summed E-state index contributed by atoms with van der Waals surface area (Å²) in [6, 6.07) is 11.4. The normalized spacial score (nSPS) is 10.7. The molecular weight excluding hydrogens is 294 g/mol. The monoisotopic (exact) mass is 311 g/mol. The smallest absolute Gasteiger partial charge is 0.342 e. The molecule has 0 saturated carbocycles. The highest BCUT2D eigenvalue weighted by Crippen LogP contribution is 2.23. The van der Waals surface area contributed by atoms with Gasteiger partial charge in [0.15, 0.2) is 5.76 Å². The lowest BCUT2D eigenvalue weighted by Crippen LogP contribution is -2.07. The zero-order valence-corrected chi connectivity index (χ0v) is 13.3. The Balaban J connectivity index is 1.69. The summed E-state index contributed by atoms with van der Waals surface area (Å²) in [5, 5.41) is 3.93. The molecule has 2 heterocycles. The summed E-state index contributed by atoms with van der Waals surface area (Å²) >= 11 is 0. The largest absolute Gasteiger partial charge is 0.465 e. The average molecular weight is 311 g/mol. The second-order valence-electron chi connectivity index (χ2n) is 5.34. The quantitative estimate of drug-likeness (QED) is 0.675. The fraction of sp³-hybridized carbons (Fsp3) is 0.222. The lowest BCUT2D eigenvalue weighted by atomic mass is 10.1. The summed E-state index contributed by atoms with van der Waals surface area (Å²) in [7, 11) is 0. The van der Waals surface area contributed by atoms with Crippen LogP contribution >= 0.6 is 0 Å². The molecule has 3 aromatic rings. The fourth-order valence-electron chi connectivity index (χ4n) is 2.42. The van der Waals surface area contributed by atoms with E-state index in [2.05, 4.69) is 5.16 Å². The standard InChI is InChI=1S/C18H17NO4/c1-11-12(2)22-13(3)17(11)18(20)21-10-15-9-16(23-19-15)14-7-5-4-6-8-14/h4-9H,10H2,1-3H3. The van der Waals surface area contributed by atoms with Crippen molar-refractivity contribution in [2.75, 3.05) is 0 Å². The van der Waals surface area contributed by atoms with Crippen LogP contribution in [0.15, 0.2) is 45.3 Å². The first-order valence-corrected chi connectivity index (χ1v) is 7.31. The molecule has 5 nitrogen and oxygen atoms in total. The molecule has 1 aromatic carbocycles. The van der Waals surface area contributed by atoms with Crippen LogP contribution in [0, 0.1) is 20.8 Å². The van der Waals surface area contributed by atoms with Gasteiger partial charge in [-0.1, -0.05) is 35.5 Å². The van der Waals surface area contributed by atoms with Gasteiger partial charge in [0.2, 0.25) is 0 Å². The predicted octanol–water partition coefficient (Wildman–Crippen LogP) is 4.22. The highest BCUT2D eigenvalue weighted by molar-refractivity contribution is 5.92. The number of carbonyl (C=O) groups excluding carboxylic acids is 1. The van der Waals surface area contributed by atoms with Gasteiger partial charge in [-0.3, -0.25) is 0 Å². The minimum atomic E-state index is -0.416. The minimum absolute atomic E-state index is 0.0538. The average Bonchev–Trinajstić information content (AvgIpc) is 3.11. The van der Waals surface area contributed by atoms with E-state index < -0.39 is 5.97 Å². The van der Waals surface area contributed by atoms with Crippen LogP contribution in [0.2, 0.25) is 0 Å². The number of rotatable bonds is 4. The van der Waals surface area contributed by atoms with Gasteiger partial charge in [-0.25, -0.2) is 4.79 Å². The van der Waals surface area contributed by atoms with Gasteiger partial charge in [-0.05, 0) is 20.8 Å². The van der Waals surface area contributed by atoms with E-state index in [0.29, 0.717) is 22.8 Å². The minimum Gasteiger partial charge on any atom is -0.465 e. The SMILES string of the molecule is Cc1oc(C)c(C(=O)OCc2cc(-c3ccccc3)on2)c1C. The highest BCUT2D eigenvalue weighted by atomic mass is 16.5. The predicted molar refractivity (Wildman–Crippen MR) is 84.0 cm³/mol. The lowest BCUT2D eigenvalue weighted by Gasteiger charge is -2.02. The first-order chi connectivity index (χ1) is 11.1. The van der Waals surface area contributed by atoms with E-state index in [-0.39, 0.29) is 6.61 Å². The number of carbonyl (C=O) groups is 1. The van der Waals surface area contributed by atoms with Gasteiger partial charge in [-0.2, -0.15) is 0 Å². The van der Waals surface area contributed by atoms with Crippen molar-refractivity contribution in [1.82, 2.24) is 5.16 Å². The first kappa shape index (κ1) is 15.1. The molecule has 0 unspecified atom stereocenters. The molecule has 0 atom stereocenters. The van der Waals surface area contributed by atoms with E-state index in [1.807, 2.05) is 44.2 Å². The number of nitrogens with zero attached hydrogens (tertiary/aromatic N) is 1. The van der Waals surface area contributed by atoms with Gasteiger partial charge in [-0.15, -0.1) is 0 Å². The number of furan rings is 1. The summed E-state index contributed by atoms with van der Waals surface area (Å²) < 4.78 is 16.0. The molecule has 0 amide bonds. The van der Waals surface area contributed by atoms with E-state index in [1.54, 1.807) is 13.0 Å². The van der Waals surface area contributed by atoms with Gasteiger partial charge in [0.1, 0.15) is 29.4 Å². The van der Waals surface area contributed by atoms with Crippen molar-refractivity contribution < 1.29 is 18.5 Å². The number of hydrogen-bond acceptors (Lipinski definition) is 5. The van der Waals surface area contributed by atoms with Gasteiger partial charge < -0.3 is 13.7 Å². The maximum absolute atomic E-state index is 12.2. The summed E-state index contributed by atoms with van der Waals surface area (Å²) in [4.78, 5) is 12.2. The van der Waals surface area contributed by atoms with E-state index in [0.717, 1.165) is 16.9 Å². The second-order valence-corrected chi connectivity index (χ2v) is 5.34. The molecule has 0 radical (unpaired) electrons. The van der Waals surface area contributed by atoms with Gasteiger partial charge in [0, 0.05) is 17.2 Å². The Morgan fingerprint density at radius 1 is 1.13 bits per heavy atom. The third-order valence-corrected chi connectivity index (χ3v) is 3.73. The Hall–Kier alpha value is -2.82. The number of benzene rings is 1. The number of aryl methyl sites for hydroxylation is 2. The van der Waals surface area contributed by atoms with E-state index >= 15 is 0 Å². The maximum atomic E-state index is 12.2. The Kier molecular flexibility index (Phi) is 4.02. The van der Waals surface area contributed by atoms with Crippen molar-refractivity contribution in [2.45, 2.75) is 27.4 Å². The number of hydrogen-bond donors (Lipinski definition) is 0. The molecular formula is C18H17NO4. The molecule has 0 aliphatic rings. The molecule has 0 spiro atoms. The van der Waals surface area contributed by atoms with Gasteiger partial charge in [0.25, 0.3) is 0 Å². The molecule has 0 aliphatic heterocycles. The van der Waals surface area contributed by atoms with Crippen LogP contribution in [0.1, 0.15) is 33.1 Å². The van der Waals surface area contributed by atoms with Gasteiger partial charge >= 0.3 is 5.97 Å². The third kappa shape index (κ3) is 3.04. The van der Waals surface area contributed by atoms with Crippen molar-refractivity contribution in [3.05, 3.63) is 64.7 Å². The highest BCUT2D eigenvalue weighted by Gasteiger charge is 2.20. The van der Waals surface area contributed by atoms with Crippen molar-refractivity contribution in [3.63, 3.8) is 0 Å². The molecule has 3 rings (SSSR count). The lowest BCUT2D eigenvalue weighted by molar-refractivity contribution is 0.0461. The fourth-order valence-corrected chi connectivity index (χ4v) is 2.42. The zero-order chi connectivity index (χ0) is 16.4. The molecule has 5 heteroatoms. The van der Waals surface area contributed by atoms with Crippen molar-refractivity contribution in [2.24, 2.45) is 0 Å². The topological polar surface area (TPSA) is 65.5 Å². The van der Waals surface area contributed by atoms with E-state index in [9.17, 15) is 4.79 Å². The molecule has 118 valence electrons. The summed E-state index contributed by atoms with van der Waals surface area (Å²) in [5.74, 6) is 1.52. The van der Waals surface area contributed by atoms with Crippen LogP contribution in [0.25, 0.3) is 11.3 Å². The first-order valence-electron chi connectivity index (χ1n) is 7.31. The summed E-state index contributed by atoms with van der Waals surface area (Å²) in [6.07, 6.45) is 0. The van der Waals surface area contributed by atoms with E-state index in [1.165, 1.54) is 0 Å². The molecule has 0 saturated heterocycles. The summed E-state index contributed by atoms with van der Waals surface area (Å²) in [6.45, 7) is 5.47. The van der Waals surface area contributed by atoms with Gasteiger partial charge in [0.05, 0.1) is 0 Å². The molecule has 2 aromatic heterocycles. The Morgan fingerprint density at radius 2 is 1.87 bits per heavy atom. The van der Waals surface area contributed by atoms with Crippen molar-refractivity contribution in [1.29, 1.82) is 0 Å². The zero-order valence-electron chi connectivity index (χ0n) is 13.3. The van der Waals surface area contributed by atoms with Crippen LogP contribution in [-0.2, 0) is 11.3 Å². The maximum Gasteiger partial charge on any atom is 0.342 e. The van der Waals surface area contributed by atoms with Crippen molar-refractivity contribution >= 4 is 5.97 Å². The molecule has 0 aliphatic carbocycles. The Morgan fingerprint density at radius 3 is 2.52 bits per heavy atom. The third-order valence-electron chi connectivity index (χ3n) is 3.73. The second kappa shape index (κ2) is 6.12. The number of aromatic nitrogens is 1. The van der Waals surface area contributed by atoms with Crippen LogP contribution < -0.4 is 0 Å².